The number of carbonyl (C=O) groups excluding carboxylic acids is 3. The molecule has 1 saturated heterocycles. The highest BCUT2D eigenvalue weighted by Crippen LogP contribution is 2.32. The third-order valence-electron chi connectivity index (χ3n) is 2.31. The smallest absolute Gasteiger partial charge is 0.293 e. The molecule has 0 aliphatic carbocycles. The van der Waals surface area contributed by atoms with E-state index in [1.54, 1.807) is 24.3 Å². The highest BCUT2D eigenvalue weighted by molar-refractivity contribution is 9.10. The van der Waals surface area contributed by atoms with Crippen molar-refractivity contribution < 1.29 is 19.5 Å². The van der Waals surface area contributed by atoms with Crippen molar-refractivity contribution >= 4 is 50.9 Å². The maximum Gasteiger partial charge on any atom is 0.293 e. The van der Waals surface area contributed by atoms with Crippen LogP contribution in [-0.2, 0) is 9.59 Å². The second-order valence-corrected chi connectivity index (χ2v) is 5.60. The topological polar surface area (TPSA) is 77.5 Å². The lowest BCUT2D eigenvalue weighted by molar-refractivity contribution is -0.305. The van der Waals surface area contributed by atoms with Gasteiger partial charge in [0.05, 0.1) is 17.4 Å². The number of imide groups is 1. The Morgan fingerprint density at radius 2 is 2.16 bits per heavy atom. The molecule has 1 fully saturated rings. The number of rotatable bonds is 3. The summed E-state index contributed by atoms with van der Waals surface area (Å²) in [6, 6.07) is 7.19. The van der Waals surface area contributed by atoms with Gasteiger partial charge in [-0.05, 0) is 35.5 Å². The number of amides is 2. The third kappa shape index (κ3) is 3.24. The molecule has 0 radical (unpaired) electrons. The van der Waals surface area contributed by atoms with Crippen molar-refractivity contribution in [1.82, 2.24) is 4.90 Å². The van der Waals surface area contributed by atoms with Crippen LogP contribution in [0.5, 0.6) is 0 Å². The van der Waals surface area contributed by atoms with Crippen LogP contribution in [0, 0.1) is 0 Å². The molecule has 5 nitrogen and oxygen atoms in total. The van der Waals surface area contributed by atoms with Gasteiger partial charge in [0, 0.05) is 4.47 Å². The zero-order valence-electron chi connectivity index (χ0n) is 9.46. The van der Waals surface area contributed by atoms with Crippen LogP contribution < -0.4 is 5.11 Å². The molecule has 19 heavy (non-hydrogen) atoms. The van der Waals surface area contributed by atoms with Crippen LogP contribution in [0.4, 0.5) is 4.79 Å². The molecule has 1 heterocycles. The Morgan fingerprint density at radius 1 is 1.42 bits per heavy atom. The quantitative estimate of drug-likeness (QED) is 0.773. The van der Waals surface area contributed by atoms with E-state index in [0.29, 0.717) is 16.7 Å². The summed E-state index contributed by atoms with van der Waals surface area (Å²) in [7, 11) is 0. The monoisotopic (exact) mass is 340 g/mol. The van der Waals surface area contributed by atoms with Crippen molar-refractivity contribution in [2.45, 2.75) is 0 Å². The largest absolute Gasteiger partial charge is 0.548 e. The lowest BCUT2D eigenvalue weighted by atomic mass is 10.2. The molecule has 0 unspecified atom stereocenters. The lowest BCUT2D eigenvalue weighted by Crippen LogP contribution is -2.40. The minimum atomic E-state index is -1.47. The van der Waals surface area contributed by atoms with Crippen LogP contribution >= 0.6 is 27.7 Å². The van der Waals surface area contributed by atoms with Gasteiger partial charge in [-0.15, -0.1) is 0 Å². The maximum absolute atomic E-state index is 11.9. The van der Waals surface area contributed by atoms with Gasteiger partial charge >= 0.3 is 0 Å². The molecule has 2 amide bonds. The first kappa shape index (κ1) is 13.8. The van der Waals surface area contributed by atoms with E-state index in [9.17, 15) is 19.5 Å². The molecule has 0 atom stereocenters. The predicted molar refractivity (Wildman–Crippen MR) is 71.8 cm³/mol. The van der Waals surface area contributed by atoms with Gasteiger partial charge in [-0.3, -0.25) is 14.5 Å². The second-order valence-electron chi connectivity index (χ2n) is 3.69. The maximum atomic E-state index is 11.9. The third-order valence-corrected chi connectivity index (χ3v) is 3.71. The summed E-state index contributed by atoms with van der Waals surface area (Å²) in [6.45, 7) is -0.722. The summed E-state index contributed by atoms with van der Waals surface area (Å²) in [5, 5.41) is 9.86. The normalized spacial score (nSPS) is 17.3. The molecular formula is C12H7BrNO4S-. The molecule has 1 aliphatic rings. The first-order valence-corrected chi connectivity index (χ1v) is 6.79. The number of aliphatic carboxylic acids is 1. The summed E-state index contributed by atoms with van der Waals surface area (Å²) in [5.41, 5.74) is 0.744. The summed E-state index contributed by atoms with van der Waals surface area (Å²) >= 11 is 4.02. The molecule has 1 aromatic carbocycles. The van der Waals surface area contributed by atoms with Gasteiger partial charge in [0.15, 0.2) is 0 Å². The Hall–Kier alpha value is -1.60. The molecule has 0 saturated carbocycles. The molecule has 2 rings (SSSR count). The average molecular weight is 341 g/mol. The minimum Gasteiger partial charge on any atom is -0.548 e. The Balaban J connectivity index is 2.25. The van der Waals surface area contributed by atoms with Crippen LogP contribution in [0.1, 0.15) is 5.56 Å². The SMILES string of the molecule is O=C([O-])CN1C(=O)S/C(=C\c2cccc(Br)c2)C1=O. The van der Waals surface area contributed by atoms with Gasteiger partial charge in [-0.1, -0.05) is 28.1 Å². The molecule has 7 heteroatoms. The van der Waals surface area contributed by atoms with E-state index in [-0.39, 0.29) is 4.91 Å². The van der Waals surface area contributed by atoms with Gasteiger partial charge in [-0.25, -0.2) is 0 Å². The van der Waals surface area contributed by atoms with Crippen LogP contribution in [0.25, 0.3) is 6.08 Å². The first-order valence-electron chi connectivity index (χ1n) is 5.18. The van der Waals surface area contributed by atoms with E-state index >= 15 is 0 Å². The number of hydrogen-bond donors (Lipinski definition) is 0. The van der Waals surface area contributed by atoms with Crippen molar-refractivity contribution in [3.63, 3.8) is 0 Å². The van der Waals surface area contributed by atoms with E-state index in [4.69, 9.17) is 0 Å². The average Bonchev–Trinajstić information content (AvgIpc) is 2.57. The molecule has 0 bridgehead atoms. The van der Waals surface area contributed by atoms with Crippen molar-refractivity contribution in [1.29, 1.82) is 0 Å². The van der Waals surface area contributed by atoms with E-state index in [0.717, 1.165) is 10.0 Å². The number of thioether (sulfide) groups is 1. The van der Waals surface area contributed by atoms with E-state index in [1.807, 2.05) is 6.07 Å². The molecule has 1 aromatic rings. The number of carbonyl (C=O) groups is 3. The molecule has 1 aliphatic heterocycles. The fraction of sp³-hybridized carbons (Fsp3) is 0.0833. The van der Waals surface area contributed by atoms with E-state index in [2.05, 4.69) is 15.9 Å². The predicted octanol–water partition coefficient (Wildman–Crippen LogP) is 1.24. The van der Waals surface area contributed by atoms with Crippen molar-refractivity contribution in [3.8, 4) is 0 Å². The summed E-state index contributed by atoms with van der Waals surface area (Å²) in [4.78, 5) is 34.7. The number of benzene rings is 1. The zero-order chi connectivity index (χ0) is 14.0. The van der Waals surface area contributed by atoms with E-state index in [1.165, 1.54) is 0 Å². The number of carboxylic acids is 1. The van der Waals surface area contributed by atoms with Crippen LogP contribution in [0.2, 0.25) is 0 Å². The molecule has 0 spiro atoms. The number of halogens is 1. The Bertz CT molecular complexity index is 599. The standard InChI is InChI=1S/C12H8BrNO4S/c13-8-3-1-2-7(4-8)5-9-11(17)14(6-10(15)16)12(18)19-9/h1-5H,6H2,(H,15,16)/p-1/b9-5-. The molecular weight excluding hydrogens is 334 g/mol. The Kier molecular flexibility index (Phi) is 4.06. The Morgan fingerprint density at radius 3 is 2.79 bits per heavy atom. The number of nitrogens with zero attached hydrogens (tertiary/aromatic N) is 1. The molecule has 0 N–H and O–H groups in total. The first-order chi connectivity index (χ1) is 8.97. The van der Waals surface area contributed by atoms with Crippen LogP contribution in [0.3, 0.4) is 0 Å². The highest BCUT2D eigenvalue weighted by Gasteiger charge is 2.34. The van der Waals surface area contributed by atoms with Gasteiger partial charge in [-0.2, -0.15) is 0 Å². The van der Waals surface area contributed by atoms with Crippen LogP contribution in [-0.4, -0.2) is 28.6 Å². The van der Waals surface area contributed by atoms with Crippen molar-refractivity contribution in [2.75, 3.05) is 6.54 Å². The van der Waals surface area contributed by atoms with Gasteiger partial charge in [0.2, 0.25) is 0 Å². The Labute approximate surface area is 121 Å². The fourth-order valence-electron chi connectivity index (χ4n) is 1.51. The highest BCUT2D eigenvalue weighted by atomic mass is 79.9. The molecule has 0 aromatic heterocycles. The zero-order valence-corrected chi connectivity index (χ0v) is 11.9. The van der Waals surface area contributed by atoms with Gasteiger partial charge in [0.1, 0.15) is 0 Å². The van der Waals surface area contributed by atoms with Crippen LogP contribution in [0.15, 0.2) is 33.6 Å². The lowest BCUT2D eigenvalue weighted by Gasteiger charge is -2.12. The van der Waals surface area contributed by atoms with Gasteiger partial charge < -0.3 is 9.90 Å². The fourth-order valence-corrected chi connectivity index (χ4v) is 2.77. The number of hydrogen-bond acceptors (Lipinski definition) is 5. The second kappa shape index (κ2) is 5.58. The number of carboxylic acid groups (broad SMARTS) is 1. The van der Waals surface area contributed by atoms with Crippen molar-refractivity contribution in [3.05, 3.63) is 39.2 Å². The molecule has 98 valence electrons. The summed E-state index contributed by atoms with van der Waals surface area (Å²) in [5.74, 6) is -2.08. The summed E-state index contributed by atoms with van der Waals surface area (Å²) < 4.78 is 0.843. The van der Waals surface area contributed by atoms with E-state index < -0.39 is 23.7 Å². The van der Waals surface area contributed by atoms with Gasteiger partial charge in [0.25, 0.3) is 11.1 Å². The van der Waals surface area contributed by atoms with Crippen molar-refractivity contribution in [2.24, 2.45) is 0 Å². The summed E-state index contributed by atoms with van der Waals surface area (Å²) in [6.07, 6.45) is 1.55. The minimum absolute atomic E-state index is 0.198.